The predicted octanol–water partition coefficient (Wildman–Crippen LogP) is 5.57. The van der Waals surface area contributed by atoms with Crippen molar-refractivity contribution in [1.82, 2.24) is 0 Å². The third kappa shape index (κ3) is 3.04. The minimum absolute atomic E-state index is 0.434. The maximum atomic E-state index is 2.42. The molecule has 0 saturated carbocycles. The Morgan fingerprint density at radius 2 is 1.50 bits per heavy atom. The van der Waals surface area contributed by atoms with Crippen LogP contribution in [0.4, 0.5) is 0 Å². The fourth-order valence-corrected chi connectivity index (χ4v) is 3.05. The molecule has 3 aromatic rings. The number of rotatable bonds is 5. The summed E-state index contributed by atoms with van der Waals surface area (Å²) in [6.07, 6.45) is 3.62. The molecule has 22 heavy (non-hydrogen) atoms. The molecule has 0 N–H and O–H groups in total. The molecule has 1 heteroatoms. The van der Waals surface area contributed by atoms with Crippen LogP contribution in [0, 0.1) is 5.41 Å². The van der Waals surface area contributed by atoms with Crippen LogP contribution in [0.2, 0.25) is 6.32 Å². The van der Waals surface area contributed by atoms with Crippen LogP contribution in [0.15, 0.2) is 54.6 Å². The van der Waals surface area contributed by atoms with Crippen molar-refractivity contribution in [2.24, 2.45) is 5.41 Å². The molecular formula is C21H24B. The summed E-state index contributed by atoms with van der Waals surface area (Å²) >= 11 is 0. The van der Waals surface area contributed by atoms with Gasteiger partial charge in [-0.2, -0.15) is 0 Å². The Labute approximate surface area is 134 Å². The molecule has 0 saturated heterocycles. The summed E-state index contributed by atoms with van der Waals surface area (Å²) in [6, 6.07) is 19.8. The summed E-state index contributed by atoms with van der Waals surface area (Å²) in [7, 11) is 2.42. The highest BCUT2D eigenvalue weighted by atomic mass is 14.2. The molecule has 3 rings (SSSR count). The Balaban J connectivity index is 1.97. The Morgan fingerprint density at radius 1 is 0.864 bits per heavy atom. The Morgan fingerprint density at radius 3 is 2.23 bits per heavy atom. The van der Waals surface area contributed by atoms with Gasteiger partial charge in [-0.25, -0.2) is 0 Å². The summed E-state index contributed by atoms with van der Waals surface area (Å²) < 4.78 is 0. The van der Waals surface area contributed by atoms with E-state index in [1.165, 1.54) is 39.8 Å². The predicted molar refractivity (Wildman–Crippen MR) is 100 cm³/mol. The van der Waals surface area contributed by atoms with E-state index in [0.717, 1.165) is 6.32 Å². The van der Waals surface area contributed by atoms with Gasteiger partial charge in [-0.15, -0.1) is 0 Å². The van der Waals surface area contributed by atoms with Gasteiger partial charge in [0.1, 0.15) is 0 Å². The highest BCUT2D eigenvalue weighted by molar-refractivity contribution is 6.58. The second-order valence-electron chi connectivity index (χ2n) is 6.99. The fraction of sp³-hybridized carbons (Fsp3) is 0.333. The van der Waals surface area contributed by atoms with Gasteiger partial charge >= 0.3 is 0 Å². The van der Waals surface area contributed by atoms with Crippen LogP contribution in [-0.4, -0.2) is 7.28 Å². The lowest BCUT2D eigenvalue weighted by atomic mass is 9.62. The number of benzene rings is 3. The zero-order chi connectivity index (χ0) is 15.6. The Bertz CT molecular complexity index is 786. The first kappa shape index (κ1) is 15.2. The van der Waals surface area contributed by atoms with E-state index in [-0.39, 0.29) is 0 Å². The van der Waals surface area contributed by atoms with Crippen molar-refractivity contribution in [3.8, 4) is 0 Å². The number of hydrogen-bond donors (Lipinski definition) is 0. The highest BCUT2D eigenvalue weighted by Crippen LogP contribution is 2.27. The standard InChI is InChI=1S/C21H24B/c1-4-21(2,3)13-14-22-20-15-16-9-5-6-10-17(16)18-11-7-8-12-19(18)20/h5-12,15H,4,13-14H2,1-3H3. The van der Waals surface area contributed by atoms with E-state index in [0.29, 0.717) is 5.41 Å². The van der Waals surface area contributed by atoms with E-state index in [4.69, 9.17) is 0 Å². The van der Waals surface area contributed by atoms with E-state index in [2.05, 4.69) is 82.6 Å². The van der Waals surface area contributed by atoms with E-state index in [1.807, 2.05) is 0 Å². The fourth-order valence-electron chi connectivity index (χ4n) is 3.05. The van der Waals surface area contributed by atoms with Gasteiger partial charge in [0.25, 0.3) is 0 Å². The van der Waals surface area contributed by atoms with Gasteiger partial charge in [-0.3, -0.25) is 0 Å². The van der Waals surface area contributed by atoms with Crippen molar-refractivity contribution in [3.05, 3.63) is 54.6 Å². The molecular weight excluding hydrogens is 263 g/mol. The first-order valence-corrected chi connectivity index (χ1v) is 8.34. The molecule has 1 radical (unpaired) electrons. The first-order chi connectivity index (χ1) is 10.6. The second kappa shape index (κ2) is 6.16. The van der Waals surface area contributed by atoms with Gasteiger partial charge in [0.15, 0.2) is 7.28 Å². The van der Waals surface area contributed by atoms with E-state index < -0.39 is 0 Å². The van der Waals surface area contributed by atoms with Crippen molar-refractivity contribution in [1.29, 1.82) is 0 Å². The molecule has 0 fully saturated rings. The highest BCUT2D eigenvalue weighted by Gasteiger charge is 2.15. The van der Waals surface area contributed by atoms with Gasteiger partial charge in [0.05, 0.1) is 0 Å². The quantitative estimate of drug-likeness (QED) is 0.425. The average molecular weight is 287 g/mol. The molecule has 111 valence electrons. The third-order valence-corrected chi connectivity index (χ3v) is 4.94. The van der Waals surface area contributed by atoms with Gasteiger partial charge in [-0.1, -0.05) is 100.0 Å². The van der Waals surface area contributed by atoms with Crippen LogP contribution >= 0.6 is 0 Å². The molecule has 0 aliphatic rings. The van der Waals surface area contributed by atoms with Crippen molar-refractivity contribution >= 4 is 34.3 Å². The van der Waals surface area contributed by atoms with E-state index in [1.54, 1.807) is 0 Å². The lowest BCUT2D eigenvalue weighted by Crippen LogP contribution is -2.18. The van der Waals surface area contributed by atoms with Crippen LogP contribution in [0.25, 0.3) is 21.5 Å². The van der Waals surface area contributed by atoms with Crippen molar-refractivity contribution in [2.45, 2.75) is 39.9 Å². The second-order valence-corrected chi connectivity index (χ2v) is 6.99. The maximum Gasteiger partial charge on any atom is 0.152 e. The molecule has 3 aromatic carbocycles. The molecule has 0 aliphatic heterocycles. The summed E-state index contributed by atoms with van der Waals surface area (Å²) in [4.78, 5) is 0. The summed E-state index contributed by atoms with van der Waals surface area (Å²) in [6.45, 7) is 7.00. The van der Waals surface area contributed by atoms with Gasteiger partial charge in [0, 0.05) is 0 Å². The van der Waals surface area contributed by atoms with Crippen LogP contribution < -0.4 is 5.46 Å². The molecule has 0 bridgehead atoms. The molecule has 0 aromatic heterocycles. The van der Waals surface area contributed by atoms with Crippen LogP contribution in [0.1, 0.15) is 33.6 Å². The summed E-state index contributed by atoms with van der Waals surface area (Å²) in [5.74, 6) is 0. The lowest BCUT2D eigenvalue weighted by molar-refractivity contribution is 0.338. The molecule has 0 unspecified atom stereocenters. The molecule has 0 spiro atoms. The minimum atomic E-state index is 0.434. The van der Waals surface area contributed by atoms with Crippen molar-refractivity contribution in [3.63, 3.8) is 0 Å². The molecule has 0 aliphatic carbocycles. The zero-order valence-corrected chi connectivity index (χ0v) is 13.9. The lowest BCUT2D eigenvalue weighted by Gasteiger charge is -2.22. The Hall–Kier alpha value is -1.76. The normalized spacial score (nSPS) is 12.0. The van der Waals surface area contributed by atoms with Crippen LogP contribution in [0.3, 0.4) is 0 Å². The van der Waals surface area contributed by atoms with Gasteiger partial charge in [0.2, 0.25) is 0 Å². The maximum absolute atomic E-state index is 2.42. The van der Waals surface area contributed by atoms with Crippen molar-refractivity contribution in [2.75, 3.05) is 0 Å². The molecule has 0 heterocycles. The van der Waals surface area contributed by atoms with Crippen LogP contribution in [0.5, 0.6) is 0 Å². The summed E-state index contributed by atoms with van der Waals surface area (Å²) in [5, 5.41) is 5.42. The molecule has 0 amide bonds. The minimum Gasteiger partial charge on any atom is -0.0795 e. The van der Waals surface area contributed by atoms with Crippen LogP contribution in [-0.2, 0) is 0 Å². The van der Waals surface area contributed by atoms with Gasteiger partial charge < -0.3 is 0 Å². The largest absolute Gasteiger partial charge is 0.152 e. The number of hydrogen-bond acceptors (Lipinski definition) is 0. The SMILES string of the molecule is CCC(C)(C)CC[B]c1cc2ccccc2c2ccccc12. The smallest absolute Gasteiger partial charge is 0.0795 e. The zero-order valence-electron chi connectivity index (χ0n) is 13.9. The third-order valence-electron chi connectivity index (χ3n) is 4.94. The number of fused-ring (bicyclic) bond motifs is 3. The first-order valence-electron chi connectivity index (χ1n) is 8.34. The topological polar surface area (TPSA) is 0 Å². The van der Waals surface area contributed by atoms with E-state index in [9.17, 15) is 0 Å². The van der Waals surface area contributed by atoms with E-state index >= 15 is 0 Å². The monoisotopic (exact) mass is 287 g/mol. The van der Waals surface area contributed by atoms with Gasteiger partial charge in [-0.05, 0) is 27.0 Å². The Kier molecular flexibility index (Phi) is 4.24. The van der Waals surface area contributed by atoms with Crippen molar-refractivity contribution < 1.29 is 0 Å². The summed E-state index contributed by atoms with van der Waals surface area (Å²) in [5.41, 5.74) is 1.81. The molecule has 0 atom stereocenters. The average Bonchev–Trinajstić information content (AvgIpc) is 2.55. The molecule has 0 nitrogen and oxygen atoms in total.